The number of aliphatic hydroxyl groups excluding tert-OH is 1. The highest BCUT2D eigenvalue weighted by atomic mass is 16.3. The summed E-state index contributed by atoms with van der Waals surface area (Å²) in [6.07, 6.45) is 2.83. The molecule has 1 rings (SSSR count). The van der Waals surface area contributed by atoms with Crippen LogP contribution in [0.15, 0.2) is 12.7 Å². The molecule has 0 saturated carbocycles. The lowest BCUT2D eigenvalue weighted by molar-refractivity contribution is 0.116. The lowest BCUT2D eigenvalue weighted by Crippen LogP contribution is -2.47. The van der Waals surface area contributed by atoms with Crippen molar-refractivity contribution in [1.29, 1.82) is 0 Å². The van der Waals surface area contributed by atoms with Crippen LogP contribution < -0.4 is 5.73 Å². The molecular formula is C9H18N2O. The monoisotopic (exact) mass is 170 g/mol. The van der Waals surface area contributed by atoms with E-state index >= 15 is 0 Å². The van der Waals surface area contributed by atoms with Crippen LogP contribution in [-0.4, -0.2) is 42.3 Å². The molecular weight excluding hydrogens is 152 g/mol. The van der Waals surface area contributed by atoms with Gasteiger partial charge in [0, 0.05) is 32.3 Å². The zero-order valence-corrected chi connectivity index (χ0v) is 7.45. The van der Waals surface area contributed by atoms with Crippen molar-refractivity contribution in [2.45, 2.75) is 12.5 Å². The first-order chi connectivity index (χ1) is 5.76. The average molecular weight is 170 g/mol. The van der Waals surface area contributed by atoms with E-state index in [1.165, 1.54) is 0 Å². The first-order valence-electron chi connectivity index (χ1n) is 4.46. The van der Waals surface area contributed by atoms with E-state index < -0.39 is 0 Å². The van der Waals surface area contributed by atoms with Gasteiger partial charge in [0.25, 0.3) is 0 Å². The van der Waals surface area contributed by atoms with Crippen LogP contribution >= 0.6 is 0 Å². The number of aliphatic hydroxyl groups is 1. The predicted octanol–water partition coefficient (Wildman–Crippen LogP) is -0.186. The molecule has 0 aliphatic carbocycles. The first kappa shape index (κ1) is 9.71. The van der Waals surface area contributed by atoms with Crippen LogP contribution in [0, 0.1) is 5.92 Å². The summed E-state index contributed by atoms with van der Waals surface area (Å²) in [5.74, 6) is 0.355. The van der Waals surface area contributed by atoms with Crippen molar-refractivity contribution in [3.05, 3.63) is 12.7 Å². The number of likely N-dealkylation sites (tertiary alicyclic amines) is 1. The molecule has 3 heteroatoms. The van der Waals surface area contributed by atoms with Gasteiger partial charge in [0.05, 0.1) is 0 Å². The average Bonchev–Trinajstić information content (AvgIpc) is 2.04. The number of nitrogens with two attached hydrogens (primary N) is 1. The Morgan fingerprint density at radius 2 is 2.33 bits per heavy atom. The molecule has 3 nitrogen and oxygen atoms in total. The van der Waals surface area contributed by atoms with E-state index in [9.17, 15) is 0 Å². The Bertz CT molecular complexity index is 149. The fourth-order valence-electron chi connectivity index (χ4n) is 1.81. The van der Waals surface area contributed by atoms with Crippen LogP contribution in [-0.2, 0) is 0 Å². The second kappa shape index (κ2) is 4.60. The highest BCUT2D eigenvalue weighted by molar-refractivity contribution is 4.84. The van der Waals surface area contributed by atoms with E-state index in [1.54, 1.807) is 0 Å². The molecule has 0 aromatic carbocycles. The zero-order chi connectivity index (χ0) is 8.97. The molecule has 1 fully saturated rings. The third-order valence-corrected chi connectivity index (χ3v) is 2.29. The molecule has 1 heterocycles. The maximum Gasteiger partial charge on any atom is 0.0472 e. The third-order valence-electron chi connectivity index (χ3n) is 2.29. The summed E-state index contributed by atoms with van der Waals surface area (Å²) in [5.41, 5.74) is 5.83. The fraction of sp³-hybridized carbons (Fsp3) is 0.778. The quantitative estimate of drug-likeness (QED) is 0.577. The minimum Gasteiger partial charge on any atom is -0.396 e. The topological polar surface area (TPSA) is 49.5 Å². The minimum absolute atomic E-state index is 0.218. The lowest BCUT2D eigenvalue weighted by Gasteiger charge is -2.34. The Labute approximate surface area is 73.9 Å². The van der Waals surface area contributed by atoms with E-state index in [4.69, 9.17) is 10.8 Å². The summed E-state index contributed by atoms with van der Waals surface area (Å²) in [7, 11) is 0. The number of nitrogens with zero attached hydrogens (tertiary/aromatic N) is 1. The summed E-state index contributed by atoms with van der Waals surface area (Å²) < 4.78 is 0. The van der Waals surface area contributed by atoms with Crippen molar-refractivity contribution in [3.8, 4) is 0 Å². The largest absolute Gasteiger partial charge is 0.396 e. The molecule has 2 atom stereocenters. The number of rotatable bonds is 3. The van der Waals surface area contributed by atoms with Gasteiger partial charge in [-0.2, -0.15) is 0 Å². The van der Waals surface area contributed by atoms with Crippen molar-refractivity contribution in [3.63, 3.8) is 0 Å². The van der Waals surface area contributed by atoms with Crippen molar-refractivity contribution in [2.24, 2.45) is 11.7 Å². The SMILES string of the molecule is C=CCN1C[C@@H](N)C[C@@H](CO)C1. The van der Waals surface area contributed by atoms with Crippen LogP contribution in [0.1, 0.15) is 6.42 Å². The molecule has 0 amide bonds. The van der Waals surface area contributed by atoms with Gasteiger partial charge in [-0.05, 0) is 12.3 Å². The molecule has 1 saturated heterocycles. The normalized spacial score (nSPS) is 31.8. The predicted molar refractivity (Wildman–Crippen MR) is 49.8 cm³/mol. The molecule has 3 N–H and O–H groups in total. The summed E-state index contributed by atoms with van der Waals surface area (Å²) in [6, 6.07) is 0.218. The Hall–Kier alpha value is -0.380. The number of piperidine rings is 1. The molecule has 1 aliphatic heterocycles. The maximum atomic E-state index is 8.99. The van der Waals surface area contributed by atoms with Gasteiger partial charge in [-0.25, -0.2) is 0 Å². The van der Waals surface area contributed by atoms with Gasteiger partial charge in [-0.3, -0.25) is 4.90 Å². The third kappa shape index (κ3) is 2.59. The van der Waals surface area contributed by atoms with E-state index in [0.29, 0.717) is 5.92 Å². The van der Waals surface area contributed by atoms with Crippen LogP contribution in [0.2, 0.25) is 0 Å². The second-order valence-electron chi connectivity index (χ2n) is 3.55. The van der Waals surface area contributed by atoms with E-state index in [1.807, 2.05) is 6.08 Å². The van der Waals surface area contributed by atoms with Crippen molar-refractivity contribution in [1.82, 2.24) is 4.90 Å². The molecule has 0 spiro atoms. The fourth-order valence-corrected chi connectivity index (χ4v) is 1.81. The van der Waals surface area contributed by atoms with E-state index in [-0.39, 0.29) is 12.6 Å². The van der Waals surface area contributed by atoms with E-state index in [2.05, 4.69) is 11.5 Å². The Kier molecular flexibility index (Phi) is 3.72. The Balaban J connectivity index is 2.39. The zero-order valence-electron chi connectivity index (χ0n) is 7.45. The van der Waals surface area contributed by atoms with Crippen molar-refractivity contribution < 1.29 is 5.11 Å². The van der Waals surface area contributed by atoms with E-state index in [0.717, 1.165) is 26.1 Å². The summed E-state index contributed by atoms with van der Waals surface area (Å²) in [5, 5.41) is 8.99. The molecule has 0 bridgehead atoms. The van der Waals surface area contributed by atoms with Crippen LogP contribution in [0.25, 0.3) is 0 Å². The van der Waals surface area contributed by atoms with Crippen molar-refractivity contribution in [2.75, 3.05) is 26.2 Å². The minimum atomic E-state index is 0.218. The number of hydrogen-bond donors (Lipinski definition) is 2. The maximum absolute atomic E-state index is 8.99. The lowest BCUT2D eigenvalue weighted by atomic mass is 9.95. The van der Waals surface area contributed by atoms with Crippen molar-refractivity contribution >= 4 is 0 Å². The van der Waals surface area contributed by atoms with Gasteiger partial charge in [0.15, 0.2) is 0 Å². The number of hydrogen-bond acceptors (Lipinski definition) is 3. The highest BCUT2D eigenvalue weighted by Crippen LogP contribution is 2.14. The summed E-state index contributed by atoms with van der Waals surface area (Å²) in [6.45, 7) is 6.70. The molecule has 0 radical (unpaired) electrons. The smallest absolute Gasteiger partial charge is 0.0472 e. The van der Waals surface area contributed by atoms with Gasteiger partial charge in [0.2, 0.25) is 0 Å². The highest BCUT2D eigenvalue weighted by Gasteiger charge is 2.23. The molecule has 0 aromatic rings. The van der Waals surface area contributed by atoms with Gasteiger partial charge in [-0.15, -0.1) is 6.58 Å². The summed E-state index contributed by atoms with van der Waals surface area (Å²) in [4.78, 5) is 2.24. The van der Waals surface area contributed by atoms with Crippen LogP contribution in [0.5, 0.6) is 0 Å². The first-order valence-corrected chi connectivity index (χ1v) is 4.46. The van der Waals surface area contributed by atoms with Gasteiger partial charge < -0.3 is 10.8 Å². The summed E-state index contributed by atoms with van der Waals surface area (Å²) >= 11 is 0. The molecule has 70 valence electrons. The van der Waals surface area contributed by atoms with Crippen LogP contribution in [0.4, 0.5) is 0 Å². The Morgan fingerprint density at radius 1 is 1.58 bits per heavy atom. The standard InChI is InChI=1S/C9H18N2O/c1-2-3-11-5-8(7-12)4-9(10)6-11/h2,8-9,12H,1,3-7,10H2/t8-,9+/m1/s1. The van der Waals surface area contributed by atoms with Gasteiger partial charge >= 0.3 is 0 Å². The molecule has 1 aliphatic rings. The van der Waals surface area contributed by atoms with Gasteiger partial charge in [0.1, 0.15) is 0 Å². The van der Waals surface area contributed by atoms with Crippen LogP contribution in [0.3, 0.4) is 0 Å². The molecule has 12 heavy (non-hydrogen) atoms. The molecule has 0 aromatic heterocycles. The molecule has 0 unspecified atom stereocenters. The Morgan fingerprint density at radius 3 is 2.92 bits per heavy atom. The van der Waals surface area contributed by atoms with Gasteiger partial charge in [-0.1, -0.05) is 6.08 Å². The second-order valence-corrected chi connectivity index (χ2v) is 3.55.